The number of hydrogen-bond acceptors (Lipinski definition) is 5. The van der Waals surface area contributed by atoms with Crippen molar-refractivity contribution in [3.05, 3.63) is 89.7 Å². The van der Waals surface area contributed by atoms with Crippen molar-refractivity contribution in [1.82, 2.24) is 25.1 Å². The average Bonchev–Trinajstić information content (AvgIpc) is 3.26. The highest BCUT2D eigenvalue weighted by Crippen LogP contribution is 2.30. The second kappa shape index (κ2) is 10.4. The molecule has 2 heterocycles. The standard InChI is InChI=1S/C26H27N5OS/c1-18(2)16-28-25(32)23-10-5-4-8-21(23)17-33-26-30-29-24(20-11-13-27-14-12-20)31(26)22-9-6-7-19(3)15-22/h4-15,18H,16-17H2,1-3H3,(H,28,32). The molecule has 7 heteroatoms. The molecule has 0 spiro atoms. The van der Waals surface area contributed by atoms with Gasteiger partial charge in [-0.15, -0.1) is 10.2 Å². The molecule has 6 nitrogen and oxygen atoms in total. The molecule has 0 radical (unpaired) electrons. The van der Waals surface area contributed by atoms with Crippen molar-refractivity contribution in [2.75, 3.05) is 6.54 Å². The predicted molar refractivity (Wildman–Crippen MR) is 133 cm³/mol. The Bertz CT molecular complexity index is 1240. The zero-order chi connectivity index (χ0) is 23.2. The highest BCUT2D eigenvalue weighted by atomic mass is 32.2. The van der Waals surface area contributed by atoms with E-state index >= 15 is 0 Å². The Balaban J connectivity index is 1.65. The topological polar surface area (TPSA) is 72.7 Å². The number of nitrogens with one attached hydrogen (secondary N) is 1. The highest BCUT2D eigenvalue weighted by molar-refractivity contribution is 7.98. The zero-order valence-corrected chi connectivity index (χ0v) is 19.8. The van der Waals surface area contributed by atoms with Crippen LogP contribution in [0.5, 0.6) is 0 Å². The van der Waals surface area contributed by atoms with Crippen LogP contribution >= 0.6 is 11.8 Å². The number of aromatic nitrogens is 4. The molecule has 0 saturated carbocycles. The predicted octanol–water partition coefficient (Wildman–Crippen LogP) is 5.32. The molecule has 0 fully saturated rings. The van der Waals surface area contributed by atoms with Crippen LogP contribution in [0.25, 0.3) is 17.1 Å². The van der Waals surface area contributed by atoms with Crippen LogP contribution in [-0.4, -0.2) is 32.2 Å². The summed E-state index contributed by atoms with van der Waals surface area (Å²) in [5.41, 5.74) is 4.76. The summed E-state index contributed by atoms with van der Waals surface area (Å²) >= 11 is 1.57. The molecule has 4 aromatic rings. The molecular weight excluding hydrogens is 430 g/mol. The second-order valence-corrected chi connectivity index (χ2v) is 9.21. The lowest BCUT2D eigenvalue weighted by atomic mass is 10.1. The highest BCUT2D eigenvalue weighted by Gasteiger charge is 2.18. The van der Waals surface area contributed by atoms with Crippen molar-refractivity contribution in [2.24, 2.45) is 5.92 Å². The first-order valence-electron chi connectivity index (χ1n) is 10.9. The minimum absolute atomic E-state index is 0.0440. The monoisotopic (exact) mass is 457 g/mol. The number of aryl methyl sites for hydroxylation is 1. The summed E-state index contributed by atoms with van der Waals surface area (Å²) in [6.45, 7) is 6.89. The van der Waals surface area contributed by atoms with Gasteiger partial charge in [0.05, 0.1) is 0 Å². The molecule has 0 unspecified atom stereocenters. The Labute approximate surface area is 198 Å². The van der Waals surface area contributed by atoms with E-state index in [1.165, 1.54) is 0 Å². The van der Waals surface area contributed by atoms with Crippen LogP contribution in [0.1, 0.15) is 35.3 Å². The number of pyridine rings is 1. The fourth-order valence-corrected chi connectivity index (χ4v) is 4.41. The average molecular weight is 458 g/mol. The first-order valence-corrected chi connectivity index (χ1v) is 11.9. The molecule has 2 aromatic carbocycles. The van der Waals surface area contributed by atoms with Crippen molar-refractivity contribution >= 4 is 17.7 Å². The van der Waals surface area contributed by atoms with E-state index in [0.29, 0.717) is 23.8 Å². The van der Waals surface area contributed by atoms with Crippen molar-refractivity contribution in [3.8, 4) is 17.1 Å². The third-order valence-electron chi connectivity index (χ3n) is 5.12. The number of amides is 1. The van der Waals surface area contributed by atoms with Crippen LogP contribution in [0.2, 0.25) is 0 Å². The molecule has 1 amide bonds. The fourth-order valence-electron chi connectivity index (χ4n) is 3.45. The van der Waals surface area contributed by atoms with Gasteiger partial charge in [0.15, 0.2) is 11.0 Å². The maximum atomic E-state index is 12.7. The van der Waals surface area contributed by atoms with E-state index < -0.39 is 0 Å². The van der Waals surface area contributed by atoms with Crippen LogP contribution in [0.15, 0.2) is 78.2 Å². The Kier molecular flexibility index (Phi) is 7.19. The van der Waals surface area contributed by atoms with Gasteiger partial charge in [-0.05, 0) is 54.3 Å². The van der Waals surface area contributed by atoms with Gasteiger partial charge in [0.25, 0.3) is 5.91 Å². The van der Waals surface area contributed by atoms with Crippen LogP contribution in [-0.2, 0) is 5.75 Å². The number of nitrogens with zero attached hydrogens (tertiary/aromatic N) is 4. The lowest BCUT2D eigenvalue weighted by Gasteiger charge is -2.13. The van der Waals surface area contributed by atoms with Crippen molar-refractivity contribution < 1.29 is 4.79 Å². The molecule has 0 saturated heterocycles. The summed E-state index contributed by atoms with van der Waals surface area (Å²) in [5, 5.41) is 12.8. The number of rotatable bonds is 8. The smallest absolute Gasteiger partial charge is 0.251 e. The summed E-state index contributed by atoms with van der Waals surface area (Å²) in [6.07, 6.45) is 3.51. The van der Waals surface area contributed by atoms with Gasteiger partial charge in [-0.25, -0.2) is 0 Å². The SMILES string of the molecule is Cc1cccc(-n2c(SCc3ccccc3C(=O)NCC(C)C)nnc2-c2ccncc2)c1. The molecule has 0 aliphatic carbocycles. The van der Waals surface area contributed by atoms with Crippen LogP contribution in [0.4, 0.5) is 0 Å². The minimum atomic E-state index is -0.0440. The normalized spacial score (nSPS) is 11.0. The molecule has 0 atom stereocenters. The quantitative estimate of drug-likeness (QED) is 0.363. The summed E-state index contributed by atoms with van der Waals surface area (Å²) in [4.78, 5) is 16.9. The Morgan fingerprint density at radius 1 is 1.03 bits per heavy atom. The second-order valence-electron chi connectivity index (χ2n) is 8.27. The van der Waals surface area contributed by atoms with Gasteiger partial charge in [0, 0.05) is 41.5 Å². The van der Waals surface area contributed by atoms with Gasteiger partial charge in [0.2, 0.25) is 0 Å². The summed E-state index contributed by atoms with van der Waals surface area (Å²) < 4.78 is 2.06. The van der Waals surface area contributed by atoms with Gasteiger partial charge in [-0.3, -0.25) is 14.3 Å². The summed E-state index contributed by atoms with van der Waals surface area (Å²) in [7, 11) is 0. The molecule has 33 heavy (non-hydrogen) atoms. The molecule has 1 N–H and O–H groups in total. The van der Waals surface area contributed by atoms with E-state index in [-0.39, 0.29) is 5.91 Å². The van der Waals surface area contributed by atoms with Crippen LogP contribution in [0.3, 0.4) is 0 Å². The van der Waals surface area contributed by atoms with E-state index in [2.05, 4.69) is 64.0 Å². The van der Waals surface area contributed by atoms with Gasteiger partial charge < -0.3 is 5.32 Å². The van der Waals surface area contributed by atoms with E-state index in [1.54, 1.807) is 24.2 Å². The molecule has 0 bridgehead atoms. The molecule has 0 aliphatic rings. The van der Waals surface area contributed by atoms with Gasteiger partial charge in [-0.2, -0.15) is 0 Å². The van der Waals surface area contributed by atoms with E-state index in [9.17, 15) is 4.79 Å². The Morgan fingerprint density at radius 2 is 1.82 bits per heavy atom. The number of thioether (sulfide) groups is 1. The molecule has 0 aliphatic heterocycles. The third-order valence-corrected chi connectivity index (χ3v) is 6.10. The van der Waals surface area contributed by atoms with Crippen molar-refractivity contribution in [3.63, 3.8) is 0 Å². The largest absolute Gasteiger partial charge is 0.352 e. The van der Waals surface area contributed by atoms with E-state index in [4.69, 9.17) is 0 Å². The lowest BCUT2D eigenvalue weighted by molar-refractivity contribution is 0.0948. The zero-order valence-electron chi connectivity index (χ0n) is 19.0. The Morgan fingerprint density at radius 3 is 2.58 bits per heavy atom. The lowest BCUT2D eigenvalue weighted by Crippen LogP contribution is -2.28. The number of hydrogen-bond donors (Lipinski definition) is 1. The third kappa shape index (κ3) is 5.49. The van der Waals surface area contributed by atoms with Gasteiger partial charge >= 0.3 is 0 Å². The fraction of sp³-hybridized carbons (Fsp3) is 0.231. The maximum absolute atomic E-state index is 12.7. The van der Waals surface area contributed by atoms with Crippen LogP contribution in [0, 0.1) is 12.8 Å². The van der Waals surface area contributed by atoms with Crippen molar-refractivity contribution in [2.45, 2.75) is 31.7 Å². The first-order chi connectivity index (χ1) is 16.0. The number of carbonyl (C=O) groups is 1. The van der Waals surface area contributed by atoms with Crippen LogP contribution < -0.4 is 5.32 Å². The minimum Gasteiger partial charge on any atom is -0.352 e. The number of carbonyl (C=O) groups excluding carboxylic acids is 1. The van der Waals surface area contributed by atoms with Crippen molar-refractivity contribution in [1.29, 1.82) is 0 Å². The number of benzene rings is 2. The molecule has 4 rings (SSSR count). The first kappa shape index (κ1) is 22.7. The summed E-state index contributed by atoms with van der Waals surface area (Å²) in [5.74, 6) is 1.71. The van der Waals surface area contributed by atoms with E-state index in [1.807, 2.05) is 42.5 Å². The molecular formula is C26H27N5OS. The van der Waals surface area contributed by atoms with E-state index in [0.717, 1.165) is 33.4 Å². The molecule has 2 aromatic heterocycles. The van der Waals surface area contributed by atoms with Gasteiger partial charge in [0.1, 0.15) is 0 Å². The molecule has 168 valence electrons. The maximum Gasteiger partial charge on any atom is 0.251 e. The summed E-state index contributed by atoms with van der Waals surface area (Å²) in [6, 6.07) is 19.9. The Hall–Kier alpha value is -3.45. The van der Waals surface area contributed by atoms with Gasteiger partial charge in [-0.1, -0.05) is 55.9 Å².